The molecule has 0 unspecified atom stereocenters. The van der Waals surface area contributed by atoms with Gasteiger partial charge in [0.15, 0.2) is 0 Å². The molecule has 1 N–H and O–H groups in total. The third kappa shape index (κ3) is 3.83. The lowest BCUT2D eigenvalue weighted by Gasteiger charge is -2.27. The lowest BCUT2D eigenvalue weighted by atomic mass is 10.2. The number of ether oxygens (including phenoxy) is 1. The van der Waals surface area contributed by atoms with Crippen LogP contribution in [0.2, 0.25) is 0 Å². The van der Waals surface area contributed by atoms with E-state index in [1.54, 1.807) is 42.4 Å². The molecule has 24 heavy (non-hydrogen) atoms. The summed E-state index contributed by atoms with van der Waals surface area (Å²) in [6.07, 6.45) is 1.63. The molecule has 2 heterocycles. The number of carbonyl (C=O) groups excluding carboxylic acids is 1. The van der Waals surface area contributed by atoms with Crippen molar-refractivity contribution in [2.24, 2.45) is 0 Å². The number of carbonyl (C=O) groups is 1. The Balaban J connectivity index is 1.64. The first-order valence-corrected chi connectivity index (χ1v) is 7.95. The molecular weight excluding hydrogens is 306 g/mol. The Labute approximate surface area is 141 Å². The zero-order valence-electron chi connectivity index (χ0n) is 13.7. The molecule has 0 aliphatic carbocycles. The molecule has 1 aliphatic rings. The number of aromatic hydroxyl groups is 1. The highest BCUT2D eigenvalue weighted by molar-refractivity contribution is 5.93. The van der Waals surface area contributed by atoms with Crippen molar-refractivity contribution in [1.29, 1.82) is 0 Å². The Morgan fingerprint density at radius 3 is 2.54 bits per heavy atom. The Morgan fingerprint density at radius 1 is 1.21 bits per heavy atom. The van der Waals surface area contributed by atoms with Crippen molar-refractivity contribution in [3.05, 3.63) is 53.7 Å². The van der Waals surface area contributed by atoms with E-state index in [9.17, 15) is 9.90 Å². The van der Waals surface area contributed by atoms with Gasteiger partial charge >= 0.3 is 0 Å². The highest BCUT2D eigenvalue weighted by atomic mass is 16.5. The average Bonchev–Trinajstić information content (AvgIpc) is 2.64. The molecule has 1 aromatic carbocycles. The van der Waals surface area contributed by atoms with Crippen LogP contribution in [0.15, 0.2) is 42.6 Å². The van der Waals surface area contributed by atoms with Gasteiger partial charge in [0.2, 0.25) is 0 Å². The van der Waals surface area contributed by atoms with Crippen LogP contribution in [0.3, 0.4) is 0 Å². The molecule has 1 fully saturated rings. The maximum Gasteiger partial charge on any atom is 0.255 e. The van der Waals surface area contributed by atoms with Crippen LogP contribution >= 0.6 is 0 Å². The second-order valence-corrected chi connectivity index (χ2v) is 5.83. The number of hydrogen-bond acceptors (Lipinski definition) is 5. The number of phenols is 1. The molecule has 0 atom stereocenters. The summed E-state index contributed by atoms with van der Waals surface area (Å²) in [5.74, 6) is 1.01. The third-order valence-corrected chi connectivity index (χ3v) is 4.03. The van der Waals surface area contributed by atoms with Gasteiger partial charge in [-0.15, -0.1) is 0 Å². The van der Waals surface area contributed by atoms with Crippen LogP contribution in [0.4, 0.5) is 5.82 Å². The van der Waals surface area contributed by atoms with Crippen molar-refractivity contribution in [3.63, 3.8) is 0 Å². The summed E-state index contributed by atoms with van der Waals surface area (Å²) in [5, 5.41) is 9.31. The minimum atomic E-state index is -0.0795. The second kappa shape index (κ2) is 7.31. The van der Waals surface area contributed by atoms with E-state index in [-0.39, 0.29) is 11.7 Å². The lowest BCUT2D eigenvalue weighted by Crippen LogP contribution is -2.36. The van der Waals surface area contributed by atoms with Crippen LogP contribution in [0, 0.1) is 0 Å². The molecule has 1 amide bonds. The summed E-state index contributed by atoms with van der Waals surface area (Å²) >= 11 is 0. The minimum Gasteiger partial charge on any atom is -0.508 e. The fourth-order valence-electron chi connectivity index (χ4n) is 2.66. The largest absolute Gasteiger partial charge is 0.508 e. The van der Waals surface area contributed by atoms with Gasteiger partial charge in [-0.2, -0.15) is 0 Å². The van der Waals surface area contributed by atoms with Gasteiger partial charge in [0, 0.05) is 32.9 Å². The molecule has 126 valence electrons. The Hall–Kier alpha value is -2.60. The maximum absolute atomic E-state index is 12.5. The fraction of sp³-hybridized carbons (Fsp3) is 0.333. The second-order valence-electron chi connectivity index (χ2n) is 5.83. The Kier molecular flexibility index (Phi) is 4.96. The van der Waals surface area contributed by atoms with E-state index >= 15 is 0 Å². The van der Waals surface area contributed by atoms with Crippen molar-refractivity contribution in [2.45, 2.75) is 6.54 Å². The van der Waals surface area contributed by atoms with Gasteiger partial charge in [-0.1, -0.05) is 12.1 Å². The molecule has 3 rings (SSSR count). The number of amides is 1. The normalized spacial score (nSPS) is 14.5. The lowest BCUT2D eigenvalue weighted by molar-refractivity contribution is 0.0784. The number of pyridine rings is 1. The summed E-state index contributed by atoms with van der Waals surface area (Å²) in [6, 6.07) is 10.5. The van der Waals surface area contributed by atoms with E-state index in [4.69, 9.17) is 4.74 Å². The Bertz CT molecular complexity index is 680. The van der Waals surface area contributed by atoms with Gasteiger partial charge < -0.3 is 19.6 Å². The maximum atomic E-state index is 12.5. The molecule has 0 saturated carbocycles. The standard InChI is InChI=1S/C18H21N3O3/c1-20(13-14-2-5-16(22)6-3-14)18(23)15-4-7-17(19-12-15)21-8-10-24-11-9-21/h2-7,12,22H,8-11,13H2,1H3. The average molecular weight is 327 g/mol. The summed E-state index contributed by atoms with van der Waals surface area (Å²) in [6.45, 7) is 3.53. The number of hydrogen-bond donors (Lipinski definition) is 1. The highest BCUT2D eigenvalue weighted by Crippen LogP contribution is 2.15. The SMILES string of the molecule is CN(Cc1ccc(O)cc1)C(=O)c1ccc(N2CCOCC2)nc1. The summed E-state index contributed by atoms with van der Waals surface area (Å²) < 4.78 is 5.33. The van der Waals surface area contributed by atoms with E-state index in [2.05, 4.69) is 9.88 Å². The Morgan fingerprint density at radius 2 is 1.92 bits per heavy atom. The predicted molar refractivity (Wildman–Crippen MR) is 91.2 cm³/mol. The van der Waals surface area contributed by atoms with Gasteiger partial charge in [-0.05, 0) is 29.8 Å². The molecule has 6 nitrogen and oxygen atoms in total. The summed E-state index contributed by atoms with van der Waals surface area (Å²) in [4.78, 5) is 20.7. The van der Waals surface area contributed by atoms with Crippen LogP contribution in [-0.2, 0) is 11.3 Å². The highest BCUT2D eigenvalue weighted by Gasteiger charge is 2.15. The molecule has 6 heteroatoms. The van der Waals surface area contributed by atoms with Crippen LogP contribution < -0.4 is 4.90 Å². The number of anilines is 1. The van der Waals surface area contributed by atoms with Crippen LogP contribution in [0.1, 0.15) is 15.9 Å². The molecule has 1 aliphatic heterocycles. The fourth-order valence-corrected chi connectivity index (χ4v) is 2.66. The van der Waals surface area contributed by atoms with Crippen molar-refractivity contribution < 1.29 is 14.6 Å². The molecule has 1 aromatic heterocycles. The number of rotatable bonds is 4. The molecule has 2 aromatic rings. The van der Waals surface area contributed by atoms with Gasteiger partial charge in [-0.25, -0.2) is 4.98 Å². The monoisotopic (exact) mass is 327 g/mol. The minimum absolute atomic E-state index is 0.0795. The molecule has 1 saturated heterocycles. The van der Waals surface area contributed by atoms with Crippen LogP contribution in [-0.4, -0.2) is 54.2 Å². The smallest absolute Gasteiger partial charge is 0.255 e. The summed E-state index contributed by atoms with van der Waals surface area (Å²) in [5.41, 5.74) is 1.52. The number of aromatic nitrogens is 1. The van der Waals surface area contributed by atoms with Gasteiger partial charge in [-0.3, -0.25) is 4.79 Å². The third-order valence-electron chi connectivity index (χ3n) is 4.03. The van der Waals surface area contributed by atoms with E-state index < -0.39 is 0 Å². The number of benzene rings is 1. The van der Waals surface area contributed by atoms with E-state index in [0.29, 0.717) is 25.3 Å². The van der Waals surface area contributed by atoms with Crippen molar-refractivity contribution in [3.8, 4) is 5.75 Å². The van der Waals surface area contributed by atoms with E-state index in [1.165, 1.54) is 0 Å². The van der Waals surface area contributed by atoms with E-state index in [0.717, 1.165) is 24.5 Å². The zero-order valence-corrected chi connectivity index (χ0v) is 13.7. The van der Waals surface area contributed by atoms with Crippen molar-refractivity contribution in [1.82, 2.24) is 9.88 Å². The zero-order chi connectivity index (χ0) is 16.9. The molecule has 0 radical (unpaired) electrons. The first-order chi connectivity index (χ1) is 11.6. The number of morpholine rings is 1. The number of nitrogens with zero attached hydrogens (tertiary/aromatic N) is 3. The predicted octanol–water partition coefficient (Wildman–Crippen LogP) is 1.90. The first-order valence-electron chi connectivity index (χ1n) is 7.95. The first kappa shape index (κ1) is 16.3. The molecule has 0 bridgehead atoms. The van der Waals surface area contributed by atoms with Gasteiger partial charge in [0.05, 0.1) is 18.8 Å². The van der Waals surface area contributed by atoms with Crippen LogP contribution in [0.5, 0.6) is 5.75 Å². The topological polar surface area (TPSA) is 65.9 Å². The van der Waals surface area contributed by atoms with E-state index in [1.807, 2.05) is 12.1 Å². The quantitative estimate of drug-likeness (QED) is 0.929. The van der Waals surface area contributed by atoms with Gasteiger partial charge in [0.1, 0.15) is 11.6 Å². The van der Waals surface area contributed by atoms with Crippen molar-refractivity contribution >= 4 is 11.7 Å². The molecular formula is C18H21N3O3. The van der Waals surface area contributed by atoms with Crippen LogP contribution in [0.25, 0.3) is 0 Å². The molecule has 0 spiro atoms. The van der Waals surface area contributed by atoms with Crippen molar-refractivity contribution in [2.75, 3.05) is 38.3 Å². The number of phenolic OH excluding ortho intramolecular Hbond substituents is 1. The summed E-state index contributed by atoms with van der Waals surface area (Å²) in [7, 11) is 1.76. The van der Waals surface area contributed by atoms with Gasteiger partial charge in [0.25, 0.3) is 5.91 Å².